The zero-order chi connectivity index (χ0) is 37.5. The van der Waals surface area contributed by atoms with Gasteiger partial charge in [-0.3, -0.25) is 0 Å². The van der Waals surface area contributed by atoms with Crippen LogP contribution < -0.4 is 5.32 Å². The molecule has 1 aliphatic heterocycles. The molecule has 5 nitrogen and oxygen atoms in total. The van der Waals surface area contributed by atoms with Crippen molar-refractivity contribution in [2.24, 2.45) is 9.98 Å². The van der Waals surface area contributed by atoms with E-state index in [9.17, 15) is 0 Å². The molecule has 11 aromatic rings. The quantitative estimate of drug-likeness (QED) is 0.191. The Bertz CT molecular complexity index is 3390. The van der Waals surface area contributed by atoms with Gasteiger partial charge in [0.15, 0.2) is 5.84 Å². The molecule has 12 rings (SSSR count). The summed E-state index contributed by atoms with van der Waals surface area (Å²) in [4.78, 5) is 10.1. The lowest BCUT2D eigenvalue weighted by atomic mass is 9.97. The van der Waals surface area contributed by atoms with Crippen molar-refractivity contribution in [2.75, 3.05) is 0 Å². The SMILES string of the molecule is c1ccc(C2=NC(c3ccc4c(c3)oc3cccc(-c5ccc6sc7ccc(-n8c9ccccc9c9ccccc98)cc7c6c5)c34)NC(c3ccccc3)=N2)cc1. The predicted molar refractivity (Wildman–Crippen MR) is 238 cm³/mol. The van der Waals surface area contributed by atoms with E-state index in [1.165, 1.54) is 47.7 Å². The number of fused-ring (bicyclic) bond motifs is 9. The van der Waals surface area contributed by atoms with Crippen molar-refractivity contribution < 1.29 is 4.42 Å². The molecule has 0 saturated heterocycles. The summed E-state index contributed by atoms with van der Waals surface area (Å²) in [5.74, 6) is 1.49. The van der Waals surface area contributed by atoms with Crippen molar-refractivity contribution in [3.05, 3.63) is 199 Å². The Hall–Kier alpha value is -7.28. The molecule has 0 saturated carbocycles. The summed E-state index contributed by atoms with van der Waals surface area (Å²) in [5.41, 5.74) is 10.6. The third-order valence-electron chi connectivity index (χ3n) is 11.3. The van der Waals surface area contributed by atoms with Crippen LogP contribution in [0.25, 0.3) is 80.7 Å². The molecule has 0 fully saturated rings. The van der Waals surface area contributed by atoms with Gasteiger partial charge in [-0.05, 0) is 65.7 Å². The summed E-state index contributed by atoms with van der Waals surface area (Å²) in [6.07, 6.45) is -0.341. The molecule has 0 aliphatic carbocycles. The number of benzene rings is 8. The van der Waals surface area contributed by atoms with Gasteiger partial charge in [-0.25, -0.2) is 9.98 Å². The van der Waals surface area contributed by atoms with Crippen molar-refractivity contribution >= 4 is 86.9 Å². The number of thiophene rings is 1. The third kappa shape index (κ3) is 5.15. The van der Waals surface area contributed by atoms with Crippen molar-refractivity contribution in [1.29, 1.82) is 0 Å². The van der Waals surface area contributed by atoms with E-state index < -0.39 is 0 Å². The molecule has 0 radical (unpaired) electrons. The molecular formula is C51H32N4OS. The molecule has 6 heteroatoms. The zero-order valence-electron chi connectivity index (χ0n) is 30.6. The second kappa shape index (κ2) is 12.6. The van der Waals surface area contributed by atoms with Crippen LogP contribution in [-0.2, 0) is 0 Å². The van der Waals surface area contributed by atoms with Crippen LogP contribution in [0.4, 0.5) is 0 Å². The van der Waals surface area contributed by atoms with Crippen LogP contribution in [0.5, 0.6) is 0 Å². The van der Waals surface area contributed by atoms with Crippen molar-refractivity contribution in [1.82, 2.24) is 9.88 Å². The molecule has 1 unspecified atom stereocenters. The smallest absolute Gasteiger partial charge is 0.159 e. The normalized spacial score (nSPS) is 14.5. The summed E-state index contributed by atoms with van der Waals surface area (Å²) in [6.45, 7) is 0. The monoisotopic (exact) mass is 748 g/mol. The summed E-state index contributed by atoms with van der Waals surface area (Å²) in [6, 6.07) is 64.4. The highest BCUT2D eigenvalue weighted by molar-refractivity contribution is 7.25. The molecule has 1 atom stereocenters. The van der Waals surface area contributed by atoms with Crippen molar-refractivity contribution in [3.63, 3.8) is 0 Å². The largest absolute Gasteiger partial charge is 0.456 e. The highest BCUT2D eigenvalue weighted by Gasteiger charge is 2.23. The Morgan fingerprint density at radius 1 is 0.509 bits per heavy atom. The first-order valence-corrected chi connectivity index (χ1v) is 20.0. The Kier molecular flexibility index (Phi) is 7.09. The molecule has 0 spiro atoms. The van der Waals surface area contributed by atoms with E-state index in [1.54, 1.807) is 0 Å². The van der Waals surface area contributed by atoms with E-state index >= 15 is 0 Å². The zero-order valence-corrected chi connectivity index (χ0v) is 31.4. The third-order valence-corrected chi connectivity index (χ3v) is 12.4. The molecule has 8 aromatic carbocycles. The first kappa shape index (κ1) is 32.0. The van der Waals surface area contributed by atoms with Crippen LogP contribution in [0, 0.1) is 0 Å². The van der Waals surface area contributed by atoms with E-state index in [1.807, 2.05) is 47.7 Å². The number of aliphatic imine (C=N–C) groups is 2. The van der Waals surface area contributed by atoms with Gasteiger partial charge >= 0.3 is 0 Å². The molecule has 4 heterocycles. The molecule has 1 N–H and O–H groups in total. The van der Waals surface area contributed by atoms with E-state index in [-0.39, 0.29) is 6.17 Å². The van der Waals surface area contributed by atoms with Gasteiger partial charge in [0.25, 0.3) is 0 Å². The van der Waals surface area contributed by atoms with Gasteiger partial charge in [-0.2, -0.15) is 0 Å². The lowest BCUT2D eigenvalue weighted by molar-refractivity contribution is 0.655. The minimum Gasteiger partial charge on any atom is -0.456 e. The van der Waals surface area contributed by atoms with Crippen LogP contribution in [0.15, 0.2) is 196 Å². The summed E-state index contributed by atoms with van der Waals surface area (Å²) >= 11 is 1.85. The first-order chi connectivity index (χ1) is 28.2. The van der Waals surface area contributed by atoms with E-state index in [4.69, 9.17) is 14.4 Å². The molecule has 57 heavy (non-hydrogen) atoms. The minimum absolute atomic E-state index is 0.341. The highest BCUT2D eigenvalue weighted by Crippen LogP contribution is 2.42. The standard InChI is InChI=1S/C51H32N4OS/c1-3-12-31(13-4-1)49-52-50(32-14-5-2-6-15-32)54-51(53-49)34-22-25-39-45(29-34)56-44-21-11-18-36(48(39)44)33-23-26-46-40(28-33)41-30-35(24-27-47(41)57-46)55-42-19-9-7-16-37(42)38-17-8-10-20-43(38)55/h1-30,51H,(H,52,53,54). The Balaban J connectivity index is 0.963. The fourth-order valence-corrected chi connectivity index (χ4v) is 9.67. The van der Waals surface area contributed by atoms with Crippen LogP contribution in [0.2, 0.25) is 0 Å². The van der Waals surface area contributed by atoms with E-state index in [0.717, 1.165) is 55.6 Å². The fourth-order valence-electron chi connectivity index (χ4n) is 8.60. The Labute approximate surface area is 331 Å². The second-order valence-electron chi connectivity index (χ2n) is 14.6. The molecule has 1 aliphatic rings. The Morgan fingerprint density at radius 3 is 1.96 bits per heavy atom. The van der Waals surface area contributed by atoms with Gasteiger partial charge in [-0.1, -0.05) is 127 Å². The lowest BCUT2D eigenvalue weighted by Crippen LogP contribution is -2.33. The first-order valence-electron chi connectivity index (χ1n) is 19.2. The number of hydrogen-bond donors (Lipinski definition) is 1. The van der Waals surface area contributed by atoms with Gasteiger partial charge in [0, 0.05) is 64.1 Å². The number of aromatic nitrogens is 1. The van der Waals surface area contributed by atoms with E-state index in [2.05, 4.69) is 155 Å². The lowest BCUT2D eigenvalue weighted by Gasteiger charge is -2.23. The number of para-hydroxylation sites is 2. The molecule has 3 aromatic heterocycles. The number of amidine groups is 2. The van der Waals surface area contributed by atoms with Crippen molar-refractivity contribution in [3.8, 4) is 16.8 Å². The Morgan fingerprint density at radius 2 is 1.19 bits per heavy atom. The van der Waals surface area contributed by atoms with Gasteiger partial charge in [0.1, 0.15) is 23.2 Å². The number of nitrogens with zero attached hydrogens (tertiary/aromatic N) is 3. The van der Waals surface area contributed by atoms with Gasteiger partial charge < -0.3 is 14.3 Å². The molecule has 0 bridgehead atoms. The average Bonchev–Trinajstić information content (AvgIpc) is 3.95. The van der Waals surface area contributed by atoms with Crippen molar-refractivity contribution in [2.45, 2.75) is 6.17 Å². The second-order valence-corrected chi connectivity index (χ2v) is 15.7. The van der Waals surface area contributed by atoms with Crippen LogP contribution in [0.1, 0.15) is 22.9 Å². The highest BCUT2D eigenvalue weighted by atomic mass is 32.1. The predicted octanol–water partition coefficient (Wildman–Crippen LogP) is 13.2. The summed E-state index contributed by atoms with van der Waals surface area (Å²) in [5, 5.41) is 10.8. The summed E-state index contributed by atoms with van der Waals surface area (Å²) in [7, 11) is 0. The molecule has 0 amide bonds. The number of nitrogens with one attached hydrogen (secondary N) is 1. The maximum Gasteiger partial charge on any atom is 0.159 e. The summed E-state index contributed by atoms with van der Waals surface area (Å²) < 4.78 is 11.6. The minimum atomic E-state index is -0.341. The van der Waals surface area contributed by atoms with Crippen LogP contribution in [0.3, 0.4) is 0 Å². The number of rotatable bonds is 5. The fraction of sp³-hybridized carbons (Fsp3) is 0.0196. The molecule has 268 valence electrons. The van der Waals surface area contributed by atoms with E-state index in [0.29, 0.717) is 5.84 Å². The molecular weight excluding hydrogens is 717 g/mol. The van der Waals surface area contributed by atoms with Gasteiger partial charge in [-0.15, -0.1) is 11.3 Å². The topological polar surface area (TPSA) is 54.8 Å². The maximum absolute atomic E-state index is 6.63. The average molecular weight is 749 g/mol. The number of hydrogen-bond acceptors (Lipinski definition) is 5. The maximum atomic E-state index is 6.63. The van der Waals surface area contributed by atoms with Crippen LogP contribution >= 0.6 is 11.3 Å². The van der Waals surface area contributed by atoms with Gasteiger partial charge in [0.2, 0.25) is 0 Å². The van der Waals surface area contributed by atoms with Crippen LogP contribution in [-0.4, -0.2) is 16.2 Å². The van der Waals surface area contributed by atoms with Gasteiger partial charge in [0.05, 0.1) is 11.0 Å². The number of furan rings is 1.